The van der Waals surface area contributed by atoms with Gasteiger partial charge in [0.1, 0.15) is 5.82 Å². The first-order chi connectivity index (χ1) is 15.3. The van der Waals surface area contributed by atoms with Crippen molar-refractivity contribution >= 4 is 44.0 Å². The Morgan fingerprint density at radius 1 is 1.16 bits per heavy atom. The summed E-state index contributed by atoms with van der Waals surface area (Å²) in [5.74, 6) is 0.430. The number of hydrogen-bond acceptors (Lipinski definition) is 5. The third-order valence-corrected chi connectivity index (χ3v) is 7.37. The molecule has 7 nitrogen and oxygen atoms in total. The van der Waals surface area contributed by atoms with Gasteiger partial charge in [-0.15, -0.1) is 11.3 Å². The van der Waals surface area contributed by atoms with E-state index in [0.29, 0.717) is 34.7 Å². The van der Waals surface area contributed by atoms with Crippen LogP contribution >= 0.6 is 11.3 Å². The maximum absolute atomic E-state index is 13.5. The Morgan fingerprint density at radius 2 is 1.91 bits per heavy atom. The van der Waals surface area contributed by atoms with Gasteiger partial charge in [-0.2, -0.15) is 0 Å². The molecule has 0 fully saturated rings. The lowest BCUT2D eigenvalue weighted by Gasteiger charge is -2.18. The molecule has 9 heteroatoms. The number of aryl methyl sites for hydroxylation is 1. The van der Waals surface area contributed by atoms with E-state index in [9.17, 15) is 13.2 Å². The SMILES string of the molecule is CCS(=O)(=O)Nc1cc(C(=O)N(C)Cc2cccs2)c2c(c1)nc(-c1ccccc1)n2C. The van der Waals surface area contributed by atoms with E-state index in [1.165, 1.54) is 0 Å². The van der Waals surface area contributed by atoms with Gasteiger partial charge >= 0.3 is 0 Å². The third-order valence-electron chi connectivity index (χ3n) is 5.20. The van der Waals surface area contributed by atoms with Gasteiger partial charge in [-0.25, -0.2) is 13.4 Å². The van der Waals surface area contributed by atoms with Crippen LogP contribution in [0.4, 0.5) is 5.69 Å². The van der Waals surface area contributed by atoms with Crippen molar-refractivity contribution in [2.75, 3.05) is 17.5 Å². The summed E-state index contributed by atoms with van der Waals surface area (Å²) in [5, 5.41) is 1.97. The van der Waals surface area contributed by atoms with Crippen LogP contribution in [0.5, 0.6) is 0 Å². The number of amides is 1. The number of rotatable bonds is 7. The zero-order valence-corrected chi connectivity index (χ0v) is 19.7. The van der Waals surface area contributed by atoms with Crippen LogP contribution in [0.1, 0.15) is 22.2 Å². The molecule has 32 heavy (non-hydrogen) atoms. The molecule has 0 radical (unpaired) electrons. The number of carbonyl (C=O) groups is 1. The van der Waals surface area contributed by atoms with Gasteiger partial charge in [0.25, 0.3) is 5.91 Å². The highest BCUT2D eigenvalue weighted by Crippen LogP contribution is 2.30. The predicted octanol–water partition coefficient (Wildman–Crippen LogP) is 4.34. The fourth-order valence-electron chi connectivity index (χ4n) is 3.58. The summed E-state index contributed by atoms with van der Waals surface area (Å²) in [6.07, 6.45) is 0. The number of hydrogen-bond donors (Lipinski definition) is 1. The molecule has 0 spiro atoms. The number of sulfonamides is 1. The molecule has 4 aromatic rings. The number of imidazole rings is 1. The lowest BCUT2D eigenvalue weighted by atomic mass is 10.1. The zero-order chi connectivity index (χ0) is 22.9. The average molecular weight is 469 g/mol. The highest BCUT2D eigenvalue weighted by molar-refractivity contribution is 7.92. The second-order valence-electron chi connectivity index (χ2n) is 7.50. The van der Waals surface area contributed by atoms with Crippen LogP contribution in [-0.2, 0) is 23.6 Å². The molecule has 2 aromatic heterocycles. The largest absolute Gasteiger partial charge is 0.336 e. The van der Waals surface area contributed by atoms with Crippen molar-refractivity contribution in [3.05, 3.63) is 70.4 Å². The second-order valence-corrected chi connectivity index (χ2v) is 10.5. The summed E-state index contributed by atoms with van der Waals surface area (Å²) in [7, 11) is 0.0978. The average Bonchev–Trinajstić information content (AvgIpc) is 3.41. The van der Waals surface area contributed by atoms with Crippen LogP contribution in [0, 0.1) is 0 Å². The number of benzene rings is 2. The van der Waals surface area contributed by atoms with Gasteiger partial charge in [0, 0.05) is 24.5 Å². The Bertz CT molecular complexity index is 1360. The van der Waals surface area contributed by atoms with E-state index in [2.05, 4.69) is 4.72 Å². The van der Waals surface area contributed by atoms with Gasteiger partial charge < -0.3 is 9.47 Å². The van der Waals surface area contributed by atoms with Crippen LogP contribution in [0.3, 0.4) is 0 Å². The van der Waals surface area contributed by atoms with Crippen molar-refractivity contribution in [1.29, 1.82) is 0 Å². The maximum atomic E-state index is 13.5. The van der Waals surface area contributed by atoms with Crippen LogP contribution in [0.15, 0.2) is 60.0 Å². The van der Waals surface area contributed by atoms with E-state index in [1.54, 1.807) is 42.3 Å². The zero-order valence-electron chi connectivity index (χ0n) is 18.1. The number of anilines is 1. The molecule has 2 aromatic carbocycles. The molecule has 0 bridgehead atoms. The summed E-state index contributed by atoms with van der Waals surface area (Å²) in [4.78, 5) is 20.9. The van der Waals surface area contributed by atoms with Crippen molar-refractivity contribution in [3.63, 3.8) is 0 Å². The molecule has 4 rings (SSSR count). The molecule has 1 N–H and O–H groups in total. The van der Waals surface area contributed by atoms with E-state index in [1.807, 2.05) is 59.5 Å². The molecule has 0 aliphatic heterocycles. The van der Waals surface area contributed by atoms with Gasteiger partial charge in [0.2, 0.25) is 10.0 Å². The summed E-state index contributed by atoms with van der Waals surface area (Å²) in [6, 6.07) is 16.9. The van der Waals surface area contributed by atoms with Crippen LogP contribution < -0.4 is 4.72 Å². The van der Waals surface area contributed by atoms with Gasteiger partial charge in [-0.05, 0) is 30.5 Å². The Morgan fingerprint density at radius 3 is 2.56 bits per heavy atom. The van der Waals surface area contributed by atoms with Crippen molar-refractivity contribution in [2.45, 2.75) is 13.5 Å². The number of nitrogens with one attached hydrogen (secondary N) is 1. The molecule has 0 saturated carbocycles. The quantitative estimate of drug-likeness (QED) is 0.437. The number of nitrogens with zero attached hydrogens (tertiary/aromatic N) is 3. The first-order valence-electron chi connectivity index (χ1n) is 10.1. The second kappa shape index (κ2) is 8.76. The van der Waals surface area contributed by atoms with Crippen LogP contribution in [0.2, 0.25) is 0 Å². The monoisotopic (exact) mass is 468 g/mol. The molecule has 0 aliphatic carbocycles. The highest BCUT2D eigenvalue weighted by Gasteiger charge is 2.22. The minimum atomic E-state index is -3.51. The smallest absolute Gasteiger partial charge is 0.256 e. The molecule has 0 saturated heterocycles. The van der Waals surface area contributed by atoms with Gasteiger partial charge in [0.15, 0.2) is 0 Å². The number of thiophene rings is 1. The van der Waals surface area contributed by atoms with Crippen molar-refractivity contribution in [3.8, 4) is 11.4 Å². The van der Waals surface area contributed by atoms with E-state index < -0.39 is 10.0 Å². The molecule has 1 amide bonds. The molecule has 2 heterocycles. The van der Waals surface area contributed by atoms with Gasteiger partial charge in [-0.1, -0.05) is 36.4 Å². The van der Waals surface area contributed by atoms with E-state index in [-0.39, 0.29) is 11.7 Å². The maximum Gasteiger partial charge on any atom is 0.256 e. The fourth-order valence-corrected chi connectivity index (χ4v) is 4.96. The molecule has 0 aliphatic rings. The summed E-state index contributed by atoms with van der Waals surface area (Å²) < 4.78 is 28.8. The fraction of sp³-hybridized carbons (Fsp3) is 0.217. The standard InChI is InChI=1S/C23H24N4O3S2/c1-4-32(29,30)25-17-13-19(23(28)26(2)15-18-11-8-12-31-18)21-20(14-17)24-22(27(21)3)16-9-6-5-7-10-16/h5-14,25H,4,15H2,1-3H3. The van der Waals surface area contributed by atoms with E-state index >= 15 is 0 Å². The summed E-state index contributed by atoms with van der Waals surface area (Å²) in [5.41, 5.74) is 2.84. The van der Waals surface area contributed by atoms with Crippen molar-refractivity contribution in [2.24, 2.45) is 7.05 Å². The highest BCUT2D eigenvalue weighted by atomic mass is 32.2. The first kappa shape index (κ1) is 22.0. The van der Waals surface area contributed by atoms with E-state index in [4.69, 9.17) is 4.98 Å². The molecule has 0 unspecified atom stereocenters. The Kier molecular flexibility index (Phi) is 6.03. The van der Waals surface area contributed by atoms with Gasteiger partial charge in [-0.3, -0.25) is 9.52 Å². The Labute approximate surface area is 191 Å². The summed E-state index contributed by atoms with van der Waals surface area (Å²) in [6.45, 7) is 2.03. The third kappa shape index (κ3) is 4.39. The number of carbonyl (C=O) groups excluding carboxylic acids is 1. The first-order valence-corrected chi connectivity index (χ1v) is 12.7. The molecule has 166 valence electrons. The number of fused-ring (bicyclic) bond motifs is 1. The lowest BCUT2D eigenvalue weighted by molar-refractivity contribution is 0.0788. The van der Waals surface area contributed by atoms with Crippen LogP contribution in [-0.4, -0.2) is 41.6 Å². The normalized spacial score (nSPS) is 11.6. The number of aromatic nitrogens is 2. The van der Waals surface area contributed by atoms with E-state index in [0.717, 1.165) is 10.4 Å². The Balaban J connectivity index is 1.86. The van der Waals surface area contributed by atoms with Crippen LogP contribution in [0.25, 0.3) is 22.4 Å². The van der Waals surface area contributed by atoms with Crippen molar-refractivity contribution in [1.82, 2.24) is 14.5 Å². The Hall–Kier alpha value is -3.17. The molecular formula is C23H24N4O3S2. The molecule has 0 atom stereocenters. The lowest BCUT2D eigenvalue weighted by Crippen LogP contribution is -2.26. The summed E-state index contributed by atoms with van der Waals surface area (Å²) >= 11 is 1.58. The predicted molar refractivity (Wildman–Crippen MR) is 129 cm³/mol. The topological polar surface area (TPSA) is 84.3 Å². The van der Waals surface area contributed by atoms with Crippen molar-refractivity contribution < 1.29 is 13.2 Å². The molecular weight excluding hydrogens is 444 g/mol. The minimum Gasteiger partial charge on any atom is -0.336 e. The van der Waals surface area contributed by atoms with Gasteiger partial charge in [0.05, 0.1) is 34.6 Å². The minimum absolute atomic E-state index is 0.0654.